The quantitative estimate of drug-likeness (QED) is 0.586. The fourth-order valence-corrected chi connectivity index (χ4v) is 3.59. The van der Waals surface area contributed by atoms with Crippen LogP contribution in [0.4, 0.5) is 0 Å². The molecule has 0 atom stereocenters. The number of benzene rings is 1. The Morgan fingerprint density at radius 3 is 2.63 bits per heavy atom. The summed E-state index contributed by atoms with van der Waals surface area (Å²) in [4.78, 5) is 32.3. The number of nitrogens with zero attached hydrogens (tertiary/aromatic N) is 1. The lowest BCUT2D eigenvalue weighted by Crippen LogP contribution is -2.38. The van der Waals surface area contributed by atoms with Crippen molar-refractivity contribution in [1.82, 2.24) is 15.3 Å². The van der Waals surface area contributed by atoms with Crippen LogP contribution in [0.2, 0.25) is 0 Å². The molecule has 1 saturated carbocycles. The number of hydrogen-bond donors (Lipinski definition) is 2. The summed E-state index contributed by atoms with van der Waals surface area (Å²) in [6.45, 7) is 2.43. The average Bonchev–Trinajstić information content (AvgIpc) is 2.69. The minimum atomic E-state index is -0.437. The number of H-pyrrole nitrogens is 1. The van der Waals surface area contributed by atoms with Crippen LogP contribution in [-0.4, -0.2) is 28.2 Å². The highest BCUT2D eigenvalue weighted by Gasteiger charge is 2.25. The smallest absolute Gasteiger partial charge is 0.294 e. The van der Waals surface area contributed by atoms with Gasteiger partial charge in [-0.2, -0.15) is 0 Å². The predicted molar refractivity (Wildman–Crippen MR) is 106 cm³/mol. The van der Waals surface area contributed by atoms with E-state index >= 15 is 0 Å². The maximum absolute atomic E-state index is 12.8. The first kappa shape index (κ1) is 19.5. The van der Waals surface area contributed by atoms with E-state index in [0.29, 0.717) is 11.1 Å². The third-order valence-electron chi connectivity index (χ3n) is 4.84. The normalized spacial score (nSPS) is 19.5. The minimum absolute atomic E-state index is 0.0293. The highest BCUT2D eigenvalue weighted by atomic mass is 32.2. The Morgan fingerprint density at radius 1 is 1.26 bits per heavy atom. The summed E-state index contributed by atoms with van der Waals surface area (Å²) in [6, 6.07) is 9.64. The van der Waals surface area contributed by atoms with Crippen molar-refractivity contribution in [2.45, 2.75) is 50.4 Å². The molecule has 7 heteroatoms. The lowest BCUT2D eigenvalue weighted by atomic mass is 9.87. The molecule has 3 rings (SSSR count). The van der Waals surface area contributed by atoms with Crippen molar-refractivity contribution in [2.75, 3.05) is 6.26 Å². The van der Waals surface area contributed by atoms with Crippen LogP contribution in [0.5, 0.6) is 5.75 Å². The van der Waals surface area contributed by atoms with E-state index in [-0.39, 0.29) is 30.0 Å². The van der Waals surface area contributed by atoms with E-state index in [9.17, 15) is 9.59 Å². The zero-order chi connectivity index (χ0) is 19.2. The molecule has 144 valence electrons. The number of ether oxygens (including phenoxy) is 1. The van der Waals surface area contributed by atoms with Crippen molar-refractivity contribution in [3.8, 4) is 5.75 Å². The summed E-state index contributed by atoms with van der Waals surface area (Å²) in [5.74, 6) is 0.320. The highest BCUT2D eigenvalue weighted by Crippen LogP contribution is 2.24. The van der Waals surface area contributed by atoms with Gasteiger partial charge < -0.3 is 10.1 Å². The van der Waals surface area contributed by atoms with Gasteiger partial charge in [-0.3, -0.25) is 14.6 Å². The summed E-state index contributed by atoms with van der Waals surface area (Å²) < 4.78 is 5.70. The molecule has 0 spiro atoms. The Balaban J connectivity index is 1.80. The second-order valence-corrected chi connectivity index (χ2v) is 7.75. The van der Waals surface area contributed by atoms with Gasteiger partial charge >= 0.3 is 0 Å². The predicted octanol–water partition coefficient (Wildman–Crippen LogP) is 3.38. The van der Waals surface area contributed by atoms with Crippen LogP contribution in [0, 0.1) is 5.92 Å². The number of thioether (sulfide) groups is 1. The zero-order valence-electron chi connectivity index (χ0n) is 15.7. The lowest BCUT2D eigenvalue weighted by Gasteiger charge is -2.26. The SMILES string of the molecule is CSc1nc(C(=O)NC2CCC(C)CC2)c(OCc2ccccc2)c(=O)[nH]1. The maximum Gasteiger partial charge on any atom is 0.294 e. The molecule has 1 aliphatic rings. The largest absolute Gasteiger partial charge is 0.481 e. The summed E-state index contributed by atoms with van der Waals surface area (Å²) in [5, 5.41) is 3.43. The number of carbonyl (C=O) groups is 1. The standard InChI is InChI=1S/C20H25N3O3S/c1-13-8-10-15(11-9-13)21-18(24)16-17(19(25)23-20(22-16)27-2)26-12-14-6-4-3-5-7-14/h3-7,13,15H,8-12H2,1-2H3,(H,21,24)(H,22,23,25). The molecular weight excluding hydrogens is 362 g/mol. The summed E-state index contributed by atoms with van der Waals surface area (Å²) in [7, 11) is 0. The first-order valence-electron chi connectivity index (χ1n) is 9.22. The van der Waals surface area contributed by atoms with Crippen LogP contribution in [0.15, 0.2) is 40.3 Å². The highest BCUT2D eigenvalue weighted by molar-refractivity contribution is 7.98. The van der Waals surface area contributed by atoms with Crippen LogP contribution in [0.3, 0.4) is 0 Å². The van der Waals surface area contributed by atoms with Crippen LogP contribution in [0.1, 0.15) is 48.7 Å². The van der Waals surface area contributed by atoms with Crippen LogP contribution in [-0.2, 0) is 6.61 Å². The van der Waals surface area contributed by atoms with Gasteiger partial charge in [-0.15, -0.1) is 0 Å². The number of carbonyl (C=O) groups excluding carboxylic acids is 1. The number of hydrogen-bond acceptors (Lipinski definition) is 5. The number of aromatic amines is 1. The molecule has 0 bridgehead atoms. The van der Waals surface area contributed by atoms with Crippen molar-refractivity contribution >= 4 is 17.7 Å². The van der Waals surface area contributed by atoms with Gasteiger partial charge in [-0.1, -0.05) is 49.0 Å². The third-order valence-corrected chi connectivity index (χ3v) is 5.42. The molecule has 1 fully saturated rings. The van der Waals surface area contributed by atoms with Gasteiger partial charge in [-0.05, 0) is 43.4 Å². The molecule has 0 unspecified atom stereocenters. The Hall–Kier alpha value is -2.28. The summed E-state index contributed by atoms with van der Waals surface area (Å²) >= 11 is 1.28. The van der Waals surface area contributed by atoms with Crippen molar-refractivity contribution in [3.05, 3.63) is 51.9 Å². The maximum atomic E-state index is 12.8. The van der Waals surface area contributed by atoms with E-state index in [1.165, 1.54) is 11.8 Å². The van der Waals surface area contributed by atoms with Gasteiger partial charge in [0.2, 0.25) is 5.75 Å². The van der Waals surface area contributed by atoms with E-state index in [1.807, 2.05) is 30.3 Å². The number of amides is 1. The molecular formula is C20H25N3O3S. The Bertz CT molecular complexity index is 830. The molecule has 1 heterocycles. The molecule has 0 radical (unpaired) electrons. The first-order chi connectivity index (χ1) is 13.1. The van der Waals surface area contributed by atoms with E-state index in [1.54, 1.807) is 6.26 Å². The van der Waals surface area contributed by atoms with Crippen molar-refractivity contribution in [3.63, 3.8) is 0 Å². The fourth-order valence-electron chi connectivity index (χ4n) is 3.21. The van der Waals surface area contributed by atoms with Crippen LogP contribution < -0.4 is 15.6 Å². The molecule has 6 nitrogen and oxygen atoms in total. The van der Waals surface area contributed by atoms with Gasteiger partial charge in [0, 0.05) is 6.04 Å². The molecule has 0 saturated heterocycles. The lowest BCUT2D eigenvalue weighted by molar-refractivity contribution is 0.0911. The topological polar surface area (TPSA) is 84.1 Å². The van der Waals surface area contributed by atoms with Crippen molar-refractivity contribution in [1.29, 1.82) is 0 Å². The number of aromatic nitrogens is 2. The fraction of sp³-hybridized carbons (Fsp3) is 0.450. The molecule has 1 aromatic carbocycles. The second-order valence-electron chi connectivity index (χ2n) is 6.96. The van der Waals surface area contributed by atoms with Gasteiger partial charge in [0.25, 0.3) is 11.5 Å². The van der Waals surface area contributed by atoms with E-state index < -0.39 is 5.56 Å². The van der Waals surface area contributed by atoms with Gasteiger partial charge in [0.1, 0.15) is 6.61 Å². The minimum Gasteiger partial charge on any atom is -0.481 e. The Kier molecular flexibility index (Phi) is 6.55. The third kappa shape index (κ3) is 5.13. The van der Waals surface area contributed by atoms with Gasteiger partial charge in [-0.25, -0.2) is 4.98 Å². The molecule has 1 aliphatic carbocycles. The molecule has 2 aromatic rings. The monoisotopic (exact) mass is 387 g/mol. The number of nitrogens with one attached hydrogen (secondary N) is 2. The van der Waals surface area contributed by atoms with E-state index in [2.05, 4.69) is 22.2 Å². The molecule has 1 amide bonds. The van der Waals surface area contributed by atoms with Crippen LogP contribution in [0.25, 0.3) is 0 Å². The molecule has 27 heavy (non-hydrogen) atoms. The summed E-state index contributed by atoms with van der Waals surface area (Å²) in [5.41, 5.74) is 0.531. The molecule has 2 N–H and O–H groups in total. The van der Waals surface area contributed by atoms with E-state index in [4.69, 9.17) is 4.74 Å². The van der Waals surface area contributed by atoms with Gasteiger partial charge in [0.05, 0.1) is 0 Å². The zero-order valence-corrected chi connectivity index (χ0v) is 16.5. The van der Waals surface area contributed by atoms with Crippen molar-refractivity contribution in [2.24, 2.45) is 5.92 Å². The molecule has 1 aromatic heterocycles. The van der Waals surface area contributed by atoms with Gasteiger partial charge in [0.15, 0.2) is 10.9 Å². The Labute approximate surface area is 163 Å². The Morgan fingerprint density at radius 2 is 1.96 bits per heavy atom. The average molecular weight is 388 g/mol. The van der Waals surface area contributed by atoms with E-state index in [0.717, 1.165) is 31.2 Å². The molecule has 0 aliphatic heterocycles. The van der Waals surface area contributed by atoms with Crippen LogP contribution >= 0.6 is 11.8 Å². The number of rotatable bonds is 6. The summed E-state index contributed by atoms with van der Waals surface area (Å²) in [6.07, 6.45) is 5.90. The second kappa shape index (κ2) is 9.08. The van der Waals surface area contributed by atoms with Crippen molar-refractivity contribution < 1.29 is 9.53 Å². The first-order valence-corrected chi connectivity index (χ1v) is 10.4.